The van der Waals surface area contributed by atoms with Crippen LogP contribution in [-0.2, 0) is 21.4 Å². The van der Waals surface area contributed by atoms with Crippen molar-refractivity contribution < 1.29 is 26.4 Å². The van der Waals surface area contributed by atoms with Gasteiger partial charge in [-0.3, -0.25) is 14.7 Å². The van der Waals surface area contributed by atoms with Gasteiger partial charge in [-0.25, -0.2) is 26.3 Å². The highest BCUT2D eigenvalue weighted by Gasteiger charge is 2.38. The monoisotopic (exact) mass is 600 g/mol. The number of benzene rings is 2. The molecule has 2 fully saturated rings. The summed E-state index contributed by atoms with van der Waals surface area (Å²) in [6, 6.07) is 15.7. The number of rotatable bonds is 9. The first-order valence-corrected chi connectivity index (χ1v) is 15.7. The zero-order valence-corrected chi connectivity index (χ0v) is 24.2. The van der Waals surface area contributed by atoms with Crippen LogP contribution >= 0.6 is 0 Å². The third-order valence-corrected chi connectivity index (χ3v) is 9.64. The third kappa shape index (κ3) is 7.56. The summed E-state index contributed by atoms with van der Waals surface area (Å²) in [5.74, 6) is -3.25. The Morgan fingerprint density at radius 1 is 1.00 bits per heavy atom. The second-order valence-corrected chi connectivity index (χ2v) is 13.0. The van der Waals surface area contributed by atoms with E-state index in [4.69, 9.17) is 0 Å². The minimum Gasteiger partial charge on any atom is -0.349 e. The van der Waals surface area contributed by atoms with Gasteiger partial charge in [0.2, 0.25) is 15.9 Å². The van der Waals surface area contributed by atoms with Gasteiger partial charge in [0.05, 0.1) is 23.2 Å². The van der Waals surface area contributed by atoms with E-state index in [2.05, 4.69) is 15.0 Å². The topological polar surface area (TPSA) is 91.4 Å². The number of likely N-dealkylation sites (tertiary alicyclic amines) is 1. The van der Waals surface area contributed by atoms with Gasteiger partial charge in [-0.05, 0) is 74.1 Å². The molecule has 2 N–H and O–H groups in total. The molecule has 2 aliphatic rings. The summed E-state index contributed by atoms with van der Waals surface area (Å²) >= 11 is 0. The molecule has 0 spiro atoms. The SMILES string of the molecule is C[C@@H](NC(=O)C1CCC(NS(=O)(=O)c2ccc(-c3ccc(CN4CCC(F)(F)C4)nc3)cc2)CC1)c1ccc(F)cc1. The molecule has 2 heterocycles. The van der Waals surface area contributed by atoms with Crippen molar-refractivity contribution >= 4 is 15.9 Å². The molecular formula is C31H35F3N4O3S. The Balaban J connectivity index is 1.11. The standard InChI is InChI=1S/C31H35F3N4O3S/c1-21(22-2-9-26(32)10-3-22)36-30(39)24-4-11-27(12-5-24)37-42(40,41)29-14-7-23(8-15-29)25-6-13-28(35-18-25)19-38-17-16-31(33,34)20-38/h2-3,6-10,13-15,18,21,24,27,37H,4-5,11-12,16-17,19-20H2,1H3,(H,36,39)/t21-,24?,27?/m1/s1. The van der Waals surface area contributed by atoms with Gasteiger partial charge in [0.15, 0.2) is 0 Å². The molecule has 224 valence electrons. The van der Waals surface area contributed by atoms with Crippen LogP contribution in [0.3, 0.4) is 0 Å². The molecule has 1 saturated carbocycles. The van der Waals surface area contributed by atoms with Crippen LogP contribution < -0.4 is 10.0 Å². The maximum absolute atomic E-state index is 13.4. The fourth-order valence-corrected chi connectivity index (χ4v) is 6.92. The van der Waals surface area contributed by atoms with Crippen LogP contribution in [0.4, 0.5) is 13.2 Å². The molecule has 42 heavy (non-hydrogen) atoms. The number of amides is 1. The molecule has 0 radical (unpaired) electrons. The lowest BCUT2D eigenvalue weighted by Crippen LogP contribution is -2.41. The van der Waals surface area contributed by atoms with Crippen LogP contribution in [0.5, 0.6) is 0 Å². The van der Waals surface area contributed by atoms with Gasteiger partial charge in [0.1, 0.15) is 5.82 Å². The van der Waals surface area contributed by atoms with E-state index in [1.165, 1.54) is 12.1 Å². The van der Waals surface area contributed by atoms with Crippen molar-refractivity contribution in [3.05, 3.63) is 83.9 Å². The lowest BCUT2D eigenvalue weighted by Gasteiger charge is -2.29. The van der Waals surface area contributed by atoms with E-state index in [0.717, 1.165) is 16.7 Å². The average molecular weight is 601 g/mol. The smallest absolute Gasteiger partial charge is 0.261 e. The Morgan fingerprint density at radius 2 is 1.67 bits per heavy atom. The molecule has 1 amide bonds. The minimum atomic E-state index is -3.75. The van der Waals surface area contributed by atoms with Gasteiger partial charge in [-0.2, -0.15) is 0 Å². The van der Waals surface area contributed by atoms with Gasteiger partial charge >= 0.3 is 0 Å². The van der Waals surface area contributed by atoms with E-state index in [-0.39, 0.29) is 47.6 Å². The zero-order valence-electron chi connectivity index (χ0n) is 23.4. The van der Waals surface area contributed by atoms with Crippen LogP contribution in [0.15, 0.2) is 71.8 Å². The summed E-state index contributed by atoms with van der Waals surface area (Å²) in [4.78, 5) is 19.0. The molecule has 1 aliphatic carbocycles. The van der Waals surface area contributed by atoms with Crippen LogP contribution in [-0.4, -0.2) is 49.3 Å². The zero-order chi connectivity index (χ0) is 29.9. The van der Waals surface area contributed by atoms with Crippen LogP contribution in [0.25, 0.3) is 11.1 Å². The van der Waals surface area contributed by atoms with Gasteiger partial charge in [0.25, 0.3) is 5.92 Å². The van der Waals surface area contributed by atoms with Crippen molar-refractivity contribution in [3.8, 4) is 11.1 Å². The molecule has 1 saturated heterocycles. The number of alkyl halides is 2. The quantitative estimate of drug-likeness (QED) is 0.341. The van der Waals surface area contributed by atoms with E-state index < -0.39 is 15.9 Å². The number of nitrogens with zero attached hydrogens (tertiary/aromatic N) is 2. The molecule has 5 rings (SSSR count). The molecule has 2 aromatic carbocycles. The van der Waals surface area contributed by atoms with Crippen molar-refractivity contribution in [3.63, 3.8) is 0 Å². The Hall–Kier alpha value is -3.28. The third-order valence-electron chi connectivity index (χ3n) is 8.11. The van der Waals surface area contributed by atoms with Crippen molar-refractivity contribution in [1.82, 2.24) is 19.9 Å². The van der Waals surface area contributed by atoms with Gasteiger partial charge in [0, 0.05) is 43.2 Å². The number of hydrogen-bond donors (Lipinski definition) is 2. The molecule has 1 atom stereocenters. The van der Waals surface area contributed by atoms with E-state index >= 15 is 0 Å². The maximum Gasteiger partial charge on any atom is 0.261 e. The molecule has 11 heteroatoms. The summed E-state index contributed by atoms with van der Waals surface area (Å²) in [6.45, 7) is 2.30. The Labute approximate surface area is 244 Å². The van der Waals surface area contributed by atoms with Gasteiger partial charge < -0.3 is 5.32 Å². The summed E-state index contributed by atoms with van der Waals surface area (Å²) in [6.07, 6.45) is 3.77. The van der Waals surface area contributed by atoms with E-state index in [1.54, 1.807) is 53.6 Å². The highest BCUT2D eigenvalue weighted by atomic mass is 32.2. The summed E-state index contributed by atoms with van der Waals surface area (Å²) < 4.78 is 69.0. The second-order valence-electron chi connectivity index (χ2n) is 11.3. The van der Waals surface area contributed by atoms with E-state index in [1.807, 2.05) is 13.0 Å². The van der Waals surface area contributed by atoms with Gasteiger partial charge in [-0.15, -0.1) is 0 Å². The van der Waals surface area contributed by atoms with Crippen LogP contribution in [0.2, 0.25) is 0 Å². The Bertz CT molecular complexity index is 1480. The van der Waals surface area contributed by atoms with E-state index in [9.17, 15) is 26.4 Å². The first-order chi connectivity index (χ1) is 20.0. The van der Waals surface area contributed by atoms with Gasteiger partial charge in [-0.1, -0.05) is 30.3 Å². The first-order valence-electron chi connectivity index (χ1n) is 14.2. The fourth-order valence-electron chi connectivity index (χ4n) is 5.61. The first kappa shape index (κ1) is 30.2. The maximum atomic E-state index is 13.4. The molecule has 1 aromatic heterocycles. The molecule has 3 aromatic rings. The lowest BCUT2D eigenvalue weighted by atomic mass is 9.85. The molecular weight excluding hydrogens is 565 g/mol. The molecule has 7 nitrogen and oxygen atoms in total. The van der Waals surface area contributed by atoms with Crippen molar-refractivity contribution in [2.45, 2.75) is 68.5 Å². The highest BCUT2D eigenvalue weighted by molar-refractivity contribution is 7.89. The normalized spacial score (nSPS) is 21.6. The fraction of sp³-hybridized carbons (Fsp3) is 0.419. The van der Waals surface area contributed by atoms with Crippen LogP contribution in [0, 0.1) is 11.7 Å². The summed E-state index contributed by atoms with van der Waals surface area (Å²) in [5, 5.41) is 2.98. The summed E-state index contributed by atoms with van der Waals surface area (Å²) in [5.41, 5.74) is 3.11. The Morgan fingerprint density at radius 3 is 2.26 bits per heavy atom. The minimum absolute atomic E-state index is 0.0798. The Kier molecular flexibility index (Phi) is 9.00. The highest BCUT2D eigenvalue weighted by Crippen LogP contribution is 2.29. The molecule has 1 aliphatic heterocycles. The number of carbonyl (C=O) groups is 1. The number of carbonyl (C=O) groups excluding carboxylic acids is 1. The number of aromatic nitrogens is 1. The van der Waals surface area contributed by atoms with Crippen molar-refractivity contribution in [1.29, 1.82) is 0 Å². The number of pyridine rings is 1. The number of sulfonamides is 1. The number of halogens is 3. The predicted octanol–water partition coefficient (Wildman–Crippen LogP) is 5.44. The second kappa shape index (κ2) is 12.5. The van der Waals surface area contributed by atoms with Crippen LogP contribution in [0.1, 0.15) is 56.3 Å². The van der Waals surface area contributed by atoms with Crippen molar-refractivity contribution in [2.75, 3.05) is 13.1 Å². The molecule has 0 bridgehead atoms. The molecule has 0 unspecified atom stereocenters. The number of hydrogen-bond acceptors (Lipinski definition) is 5. The lowest BCUT2D eigenvalue weighted by molar-refractivity contribution is -0.126. The largest absolute Gasteiger partial charge is 0.349 e. The van der Waals surface area contributed by atoms with Crippen molar-refractivity contribution in [2.24, 2.45) is 5.92 Å². The predicted molar refractivity (Wildman–Crippen MR) is 154 cm³/mol. The number of nitrogens with one attached hydrogen (secondary N) is 2. The average Bonchev–Trinajstić information content (AvgIpc) is 3.31. The summed E-state index contributed by atoms with van der Waals surface area (Å²) in [7, 11) is -3.75. The van der Waals surface area contributed by atoms with E-state index in [0.29, 0.717) is 44.5 Å².